The monoisotopic (exact) mass is 132 g/mol. The summed E-state index contributed by atoms with van der Waals surface area (Å²) in [6.07, 6.45) is 7.98. The van der Waals surface area contributed by atoms with Gasteiger partial charge in [-0.2, -0.15) is 0 Å². The summed E-state index contributed by atoms with van der Waals surface area (Å²) in [4.78, 5) is 0. The molecule has 1 rings (SSSR count). The average Bonchev–Trinajstić information content (AvgIpc) is 2.19. The molecule has 0 bridgehead atoms. The summed E-state index contributed by atoms with van der Waals surface area (Å²) in [5.74, 6) is 0. The van der Waals surface area contributed by atoms with Crippen molar-refractivity contribution in [3.63, 3.8) is 0 Å². The fourth-order valence-corrected chi connectivity index (χ4v) is 2.31. The third-order valence-electron chi connectivity index (χ3n) is 1.42. The summed E-state index contributed by atoms with van der Waals surface area (Å²) in [7, 11) is 0.197. The molecule has 0 unspecified atom stereocenters. The maximum absolute atomic E-state index is 2.29. The average molecular weight is 132 g/mol. The van der Waals surface area contributed by atoms with E-state index >= 15 is 0 Å². The number of allylic oxidation sites excluding steroid dienone is 4. The molecule has 0 amide bonds. The molecule has 0 N–H and O–H groups in total. The minimum atomic E-state index is 0. The molecule has 1 aliphatic rings. The normalized spacial score (nSPS) is 16.3. The molecule has 0 fully saturated rings. The van der Waals surface area contributed by atoms with Crippen LogP contribution < -0.4 is 0 Å². The predicted molar refractivity (Wildman–Crippen MR) is 48.0 cm³/mol. The Morgan fingerprint density at radius 1 is 1.67 bits per heavy atom. The fraction of sp³-hybridized carbons (Fsp3) is 0.429. The van der Waals surface area contributed by atoms with Crippen LogP contribution in [0.3, 0.4) is 0 Å². The first kappa shape index (κ1) is 9.29. The van der Waals surface area contributed by atoms with Gasteiger partial charge in [-0.3, -0.25) is 0 Å². The van der Waals surface area contributed by atoms with E-state index in [-0.39, 0.29) is 28.4 Å². The van der Waals surface area contributed by atoms with Crippen LogP contribution in [-0.2, 0) is 0 Å². The first-order valence-electron chi connectivity index (χ1n) is 3.28. The fourth-order valence-electron chi connectivity index (χ4n) is 0.998. The van der Waals surface area contributed by atoms with E-state index in [2.05, 4.69) is 25.2 Å². The molecule has 0 spiro atoms. The quantitative estimate of drug-likeness (QED) is 0.487. The van der Waals surface area contributed by atoms with Crippen molar-refractivity contribution < 1.29 is 0 Å². The van der Waals surface area contributed by atoms with Gasteiger partial charge in [0.1, 0.15) is 0 Å². The summed E-state index contributed by atoms with van der Waals surface area (Å²) in [5, 5.41) is 1.73. The Bertz CT molecular complexity index is 127. The second kappa shape index (κ2) is 5.11. The van der Waals surface area contributed by atoms with Crippen molar-refractivity contribution in [3.8, 4) is 0 Å². The van der Waals surface area contributed by atoms with Gasteiger partial charge in [-0.05, 0) is 6.42 Å². The van der Waals surface area contributed by atoms with E-state index in [1.54, 1.807) is 5.20 Å². The molecule has 0 atom stereocenters. The summed E-state index contributed by atoms with van der Waals surface area (Å²) in [6, 6.07) is 1.42. The van der Waals surface area contributed by atoms with E-state index in [0.29, 0.717) is 0 Å². The molecule has 0 saturated heterocycles. The van der Waals surface area contributed by atoms with Crippen LogP contribution in [0.1, 0.15) is 13.3 Å². The van der Waals surface area contributed by atoms with Gasteiger partial charge in [0.25, 0.3) is 0 Å². The third-order valence-corrected chi connectivity index (χ3v) is 3.09. The molecule has 0 heterocycles. The Morgan fingerprint density at radius 3 is 2.89 bits per heavy atom. The van der Waals surface area contributed by atoms with Gasteiger partial charge in [0, 0.05) is 9.52 Å². The van der Waals surface area contributed by atoms with Crippen molar-refractivity contribution in [2.75, 3.05) is 0 Å². The van der Waals surface area contributed by atoms with Crippen LogP contribution in [-0.4, -0.2) is 28.4 Å². The number of hydrogen-bond donors (Lipinski definition) is 0. The van der Waals surface area contributed by atoms with E-state index < -0.39 is 0 Å². The van der Waals surface area contributed by atoms with Gasteiger partial charge in [-0.25, -0.2) is 0 Å². The zero-order chi connectivity index (χ0) is 5.82. The topological polar surface area (TPSA) is 0 Å². The van der Waals surface area contributed by atoms with Gasteiger partial charge < -0.3 is 0 Å². The second-order valence-electron chi connectivity index (χ2n) is 2.21. The molecular formula is C7H13LiSi. The van der Waals surface area contributed by atoms with Gasteiger partial charge in [0.2, 0.25) is 0 Å². The van der Waals surface area contributed by atoms with Gasteiger partial charge in [-0.1, -0.05) is 36.4 Å². The zero-order valence-electron chi connectivity index (χ0n) is 5.35. The Balaban J connectivity index is 0.000000640. The molecule has 2 heteroatoms. The number of hydrogen-bond acceptors (Lipinski definition) is 0. The molecule has 0 nitrogen and oxygen atoms in total. The van der Waals surface area contributed by atoms with E-state index in [0.717, 1.165) is 0 Å². The van der Waals surface area contributed by atoms with Gasteiger partial charge in [-0.15, -0.1) is 0 Å². The third kappa shape index (κ3) is 3.10. The van der Waals surface area contributed by atoms with Crippen molar-refractivity contribution in [2.45, 2.75) is 19.4 Å². The second-order valence-corrected chi connectivity index (χ2v) is 4.62. The Hall–Kier alpha value is 0.294. The molecule has 0 saturated carbocycles. The van der Waals surface area contributed by atoms with Crippen molar-refractivity contribution in [3.05, 3.63) is 23.4 Å². The van der Waals surface area contributed by atoms with Crippen molar-refractivity contribution in [1.82, 2.24) is 0 Å². The summed E-state index contributed by atoms with van der Waals surface area (Å²) < 4.78 is 0. The molecule has 0 aromatic carbocycles. The van der Waals surface area contributed by atoms with E-state index in [4.69, 9.17) is 0 Å². The van der Waals surface area contributed by atoms with Crippen LogP contribution in [0.2, 0.25) is 6.04 Å². The van der Waals surface area contributed by atoms with Crippen molar-refractivity contribution in [2.24, 2.45) is 0 Å². The molecule has 1 aliphatic carbocycles. The predicted octanol–water partition coefficient (Wildman–Crippen LogP) is 0.789. The minimum absolute atomic E-state index is 0. The molecule has 46 valence electrons. The summed E-state index contributed by atoms with van der Waals surface area (Å²) in [5.41, 5.74) is 0. The summed E-state index contributed by atoms with van der Waals surface area (Å²) in [6.45, 7) is 2.28. The number of rotatable bonds is 2. The first-order chi connectivity index (χ1) is 3.93. The van der Waals surface area contributed by atoms with Gasteiger partial charge in [0.15, 0.2) is 0 Å². The van der Waals surface area contributed by atoms with Crippen LogP contribution in [0.15, 0.2) is 23.4 Å². The Kier molecular flexibility index (Phi) is 5.28. The first-order valence-corrected chi connectivity index (χ1v) is 4.98. The molecular weight excluding hydrogens is 119 g/mol. The molecule has 0 aliphatic heterocycles. The molecule has 0 radical (unpaired) electrons. The van der Waals surface area contributed by atoms with Crippen LogP contribution in [0.4, 0.5) is 0 Å². The molecule has 0 aromatic heterocycles. The molecule has 0 aromatic rings. The van der Waals surface area contributed by atoms with E-state index in [1.165, 1.54) is 12.5 Å². The Labute approximate surface area is 71.4 Å². The van der Waals surface area contributed by atoms with Crippen molar-refractivity contribution >= 4 is 28.4 Å². The Morgan fingerprint density at radius 2 is 2.44 bits per heavy atom. The standard InChI is InChI=1S/C7H12Si.Li.H/c1-2-8-7-5-3-4-6-7;;/h3-5H,2,6,8H2,1H3;;. The summed E-state index contributed by atoms with van der Waals surface area (Å²) >= 11 is 0. The van der Waals surface area contributed by atoms with Crippen LogP contribution >= 0.6 is 0 Å². The van der Waals surface area contributed by atoms with Crippen LogP contribution in [0, 0.1) is 0 Å². The van der Waals surface area contributed by atoms with Gasteiger partial charge >= 0.3 is 18.9 Å². The van der Waals surface area contributed by atoms with Crippen LogP contribution in [0.25, 0.3) is 0 Å². The molecule has 9 heavy (non-hydrogen) atoms. The van der Waals surface area contributed by atoms with Crippen LogP contribution in [0.5, 0.6) is 0 Å². The zero-order valence-corrected chi connectivity index (χ0v) is 6.77. The van der Waals surface area contributed by atoms with Crippen molar-refractivity contribution in [1.29, 1.82) is 0 Å². The van der Waals surface area contributed by atoms with Gasteiger partial charge in [0.05, 0.1) is 0 Å². The maximum atomic E-state index is 2.29. The van der Waals surface area contributed by atoms with E-state index in [1.807, 2.05) is 0 Å². The SMILES string of the molecule is CC[SiH2]C1=CC=CC1.[LiH]. The van der Waals surface area contributed by atoms with E-state index in [9.17, 15) is 0 Å².